The summed E-state index contributed by atoms with van der Waals surface area (Å²) in [5, 5.41) is 2.36. The Kier molecular flexibility index (Phi) is 3.36. The molecule has 0 spiro atoms. The van der Waals surface area contributed by atoms with Crippen LogP contribution in [0.2, 0.25) is 0 Å². The average molecular weight is 322 g/mol. The molecule has 1 aliphatic heterocycles. The van der Waals surface area contributed by atoms with Crippen molar-refractivity contribution in [2.45, 2.75) is 11.7 Å². The number of imidazole rings is 1. The third kappa shape index (κ3) is 2.43. The number of hydrogen-bond donors (Lipinski definition) is 1. The molecule has 1 fully saturated rings. The normalized spacial score (nSPS) is 15.3. The number of urea groups is 1. The molecule has 1 saturated heterocycles. The number of hydrogen-bond acceptors (Lipinski definition) is 5. The van der Waals surface area contributed by atoms with E-state index in [-0.39, 0.29) is 18.2 Å². The van der Waals surface area contributed by atoms with Crippen molar-refractivity contribution in [2.75, 3.05) is 19.3 Å². The van der Waals surface area contributed by atoms with Crippen LogP contribution in [-0.2, 0) is 21.2 Å². The first-order valence-electron chi connectivity index (χ1n) is 6.61. The summed E-state index contributed by atoms with van der Waals surface area (Å²) in [5.41, 5.74) is 1.03. The van der Waals surface area contributed by atoms with Crippen molar-refractivity contribution in [1.82, 2.24) is 19.8 Å². The molecular weight excluding hydrogens is 308 g/mol. The Balaban J connectivity index is 2.05. The van der Waals surface area contributed by atoms with E-state index in [0.717, 1.165) is 11.2 Å². The Morgan fingerprint density at radius 1 is 1.36 bits per heavy atom. The van der Waals surface area contributed by atoms with E-state index in [4.69, 9.17) is 0 Å². The van der Waals surface area contributed by atoms with Crippen LogP contribution < -0.4 is 5.32 Å². The molecule has 116 valence electrons. The summed E-state index contributed by atoms with van der Waals surface area (Å²) < 4.78 is 25.1. The summed E-state index contributed by atoms with van der Waals surface area (Å²) in [4.78, 5) is 29.0. The van der Waals surface area contributed by atoms with Gasteiger partial charge in [-0.1, -0.05) is 12.1 Å². The van der Waals surface area contributed by atoms with Crippen LogP contribution in [0.5, 0.6) is 0 Å². The van der Waals surface area contributed by atoms with Crippen molar-refractivity contribution >= 4 is 32.8 Å². The number of para-hydroxylation sites is 2. The van der Waals surface area contributed by atoms with Crippen molar-refractivity contribution in [3.05, 3.63) is 24.3 Å². The van der Waals surface area contributed by atoms with Crippen molar-refractivity contribution in [1.29, 1.82) is 0 Å². The van der Waals surface area contributed by atoms with Crippen LogP contribution in [0.15, 0.2) is 29.4 Å². The fourth-order valence-electron chi connectivity index (χ4n) is 2.42. The van der Waals surface area contributed by atoms with E-state index in [1.165, 1.54) is 4.57 Å². The van der Waals surface area contributed by atoms with Crippen molar-refractivity contribution in [3.8, 4) is 0 Å². The number of nitrogens with one attached hydrogen (secondary N) is 1. The number of rotatable bonds is 3. The topological polar surface area (TPSA) is 101 Å². The van der Waals surface area contributed by atoms with Crippen LogP contribution in [0.4, 0.5) is 4.79 Å². The van der Waals surface area contributed by atoms with E-state index in [2.05, 4.69) is 10.3 Å². The second-order valence-electron chi connectivity index (χ2n) is 5.02. The number of benzene rings is 1. The second-order valence-corrected chi connectivity index (χ2v) is 6.93. The van der Waals surface area contributed by atoms with Gasteiger partial charge < -0.3 is 9.88 Å². The standard InChI is InChI=1S/C13H14N4O4S/c1-22(20,21)13-15-9-4-2-3-5-10(9)17(13)8-11(18)16-7-6-14-12(16)19/h2-5H,6-8H2,1H3,(H,14,19). The lowest BCUT2D eigenvalue weighted by atomic mass is 10.3. The zero-order valence-corrected chi connectivity index (χ0v) is 12.6. The third-order valence-electron chi connectivity index (χ3n) is 3.40. The maximum atomic E-state index is 12.3. The fraction of sp³-hybridized carbons (Fsp3) is 0.308. The van der Waals surface area contributed by atoms with E-state index in [1.54, 1.807) is 24.3 Å². The van der Waals surface area contributed by atoms with Crippen molar-refractivity contribution in [3.63, 3.8) is 0 Å². The van der Waals surface area contributed by atoms with Crippen molar-refractivity contribution in [2.24, 2.45) is 0 Å². The molecule has 9 heteroatoms. The van der Waals surface area contributed by atoms with Gasteiger partial charge in [0.1, 0.15) is 6.54 Å². The van der Waals surface area contributed by atoms with Gasteiger partial charge in [-0.15, -0.1) is 0 Å². The Labute approximate surface area is 126 Å². The molecule has 0 unspecified atom stereocenters. The zero-order chi connectivity index (χ0) is 15.9. The first-order chi connectivity index (χ1) is 10.4. The number of amides is 3. The van der Waals surface area contributed by atoms with Crippen LogP contribution >= 0.6 is 0 Å². The first kappa shape index (κ1) is 14.5. The third-order valence-corrected chi connectivity index (χ3v) is 4.38. The molecule has 0 bridgehead atoms. The summed E-state index contributed by atoms with van der Waals surface area (Å²) in [6, 6.07) is 6.37. The molecular formula is C13H14N4O4S. The zero-order valence-electron chi connectivity index (χ0n) is 11.8. The maximum Gasteiger partial charge on any atom is 0.324 e. The SMILES string of the molecule is CS(=O)(=O)c1nc2ccccc2n1CC(=O)N1CCNC1=O. The molecule has 0 aliphatic carbocycles. The quantitative estimate of drug-likeness (QED) is 0.856. The molecule has 3 amide bonds. The van der Waals surface area contributed by atoms with Gasteiger partial charge in [-0.05, 0) is 12.1 Å². The molecule has 1 aromatic heterocycles. The van der Waals surface area contributed by atoms with Gasteiger partial charge in [0.15, 0.2) is 0 Å². The number of nitrogens with zero attached hydrogens (tertiary/aromatic N) is 3. The lowest BCUT2D eigenvalue weighted by molar-refractivity contribution is -0.128. The van der Waals surface area contributed by atoms with E-state index in [1.807, 2.05) is 0 Å². The average Bonchev–Trinajstić information content (AvgIpc) is 3.03. The van der Waals surface area contributed by atoms with Gasteiger partial charge in [-0.2, -0.15) is 0 Å². The summed E-state index contributed by atoms with van der Waals surface area (Å²) in [6.07, 6.45) is 1.04. The monoisotopic (exact) mass is 322 g/mol. The van der Waals surface area contributed by atoms with E-state index in [0.29, 0.717) is 17.6 Å². The highest BCUT2D eigenvalue weighted by Crippen LogP contribution is 2.20. The Morgan fingerprint density at radius 2 is 2.09 bits per heavy atom. The molecule has 22 heavy (non-hydrogen) atoms. The maximum absolute atomic E-state index is 12.3. The number of carbonyl (C=O) groups excluding carboxylic acids is 2. The van der Waals surface area contributed by atoms with Gasteiger partial charge in [0.2, 0.25) is 15.0 Å². The number of fused-ring (bicyclic) bond motifs is 1. The molecule has 2 heterocycles. The molecule has 0 atom stereocenters. The molecule has 1 aliphatic rings. The van der Waals surface area contributed by atoms with Crippen LogP contribution in [0, 0.1) is 0 Å². The molecule has 8 nitrogen and oxygen atoms in total. The Bertz CT molecular complexity index is 871. The lowest BCUT2D eigenvalue weighted by Crippen LogP contribution is -2.36. The largest absolute Gasteiger partial charge is 0.336 e. The van der Waals surface area contributed by atoms with E-state index < -0.39 is 21.8 Å². The Morgan fingerprint density at radius 3 is 2.73 bits per heavy atom. The summed E-state index contributed by atoms with van der Waals surface area (Å²) in [5.74, 6) is -0.469. The van der Waals surface area contributed by atoms with Gasteiger partial charge in [0, 0.05) is 19.3 Å². The number of aromatic nitrogens is 2. The Hall–Kier alpha value is -2.42. The molecule has 1 N–H and O–H groups in total. The lowest BCUT2D eigenvalue weighted by Gasteiger charge is -2.14. The number of sulfone groups is 1. The molecule has 3 rings (SSSR count). The van der Waals surface area contributed by atoms with E-state index >= 15 is 0 Å². The van der Waals surface area contributed by atoms with Crippen LogP contribution in [0.1, 0.15) is 0 Å². The van der Waals surface area contributed by atoms with Gasteiger partial charge in [-0.3, -0.25) is 9.69 Å². The van der Waals surface area contributed by atoms with Crippen LogP contribution in [0.3, 0.4) is 0 Å². The first-order valence-corrected chi connectivity index (χ1v) is 8.50. The minimum atomic E-state index is -3.60. The van der Waals surface area contributed by atoms with Crippen LogP contribution in [-0.4, -0.2) is 54.2 Å². The summed E-state index contributed by atoms with van der Waals surface area (Å²) in [6.45, 7) is 0.420. The van der Waals surface area contributed by atoms with Gasteiger partial charge in [0.25, 0.3) is 5.91 Å². The number of imide groups is 1. The second kappa shape index (κ2) is 5.09. The highest BCUT2D eigenvalue weighted by atomic mass is 32.2. The fourth-order valence-corrected chi connectivity index (χ4v) is 3.25. The number of carbonyl (C=O) groups is 2. The van der Waals surface area contributed by atoms with Gasteiger partial charge >= 0.3 is 6.03 Å². The highest BCUT2D eigenvalue weighted by Gasteiger charge is 2.28. The van der Waals surface area contributed by atoms with E-state index in [9.17, 15) is 18.0 Å². The summed E-state index contributed by atoms with van der Waals surface area (Å²) in [7, 11) is -3.60. The summed E-state index contributed by atoms with van der Waals surface area (Å²) >= 11 is 0. The van der Waals surface area contributed by atoms with Crippen molar-refractivity contribution < 1.29 is 18.0 Å². The van der Waals surface area contributed by atoms with Gasteiger partial charge in [-0.25, -0.2) is 18.2 Å². The highest BCUT2D eigenvalue weighted by molar-refractivity contribution is 7.90. The molecule has 1 aromatic carbocycles. The van der Waals surface area contributed by atoms with Gasteiger partial charge in [0.05, 0.1) is 11.0 Å². The minimum Gasteiger partial charge on any atom is -0.336 e. The molecule has 0 radical (unpaired) electrons. The predicted molar refractivity (Wildman–Crippen MR) is 78.0 cm³/mol. The van der Waals surface area contributed by atoms with Crippen LogP contribution in [0.25, 0.3) is 11.0 Å². The molecule has 0 saturated carbocycles. The minimum absolute atomic E-state index is 0.179. The smallest absolute Gasteiger partial charge is 0.324 e. The predicted octanol–water partition coefficient (Wildman–Crippen LogP) is -0.00840. The molecule has 2 aromatic rings.